The highest BCUT2D eigenvalue weighted by molar-refractivity contribution is 5.77. The zero-order valence-electron chi connectivity index (χ0n) is 11.5. The number of aliphatic imine (C=N–C) groups is 1. The summed E-state index contributed by atoms with van der Waals surface area (Å²) in [7, 11) is 2.04. The van der Waals surface area contributed by atoms with Gasteiger partial charge in [-0.1, -0.05) is 19.9 Å². The van der Waals surface area contributed by atoms with E-state index in [1.165, 1.54) is 0 Å². The second kappa shape index (κ2) is 4.04. The Kier molecular flexibility index (Phi) is 2.58. The van der Waals surface area contributed by atoms with E-state index in [9.17, 15) is 4.79 Å². The van der Waals surface area contributed by atoms with Gasteiger partial charge < -0.3 is 4.57 Å². The lowest BCUT2D eigenvalue weighted by atomic mass is 10.1. The Bertz CT molecular complexity index is 689. The number of hydrogen-bond donors (Lipinski definition) is 0. The van der Waals surface area contributed by atoms with Crippen molar-refractivity contribution in [3.8, 4) is 0 Å². The molecule has 0 radical (unpaired) electrons. The minimum atomic E-state index is -0.314. The molecule has 1 aliphatic carbocycles. The number of benzene rings is 1. The molecule has 1 aromatic carbocycles. The predicted octanol–water partition coefficient (Wildman–Crippen LogP) is 3.02. The summed E-state index contributed by atoms with van der Waals surface area (Å²) in [5.41, 5.74) is 2.87. The molecule has 0 aliphatic heterocycles. The zero-order valence-corrected chi connectivity index (χ0v) is 11.5. The molecule has 19 heavy (non-hydrogen) atoms. The van der Waals surface area contributed by atoms with Crippen LogP contribution in [-0.4, -0.2) is 15.6 Å². The lowest BCUT2D eigenvalue weighted by Gasteiger charge is -2.08. The van der Waals surface area contributed by atoms with Crippen LogP contribution in [0, 0.1) is 0 Å². The van der Waals surface area contributed by atoms with Gasteiger partial charge >= 0.3 is 0 Å². The normalized spacial score (nSPS) is 16.6. The van der Waals surface area contributed by atoms with Crippen molar-refractivity contribution in [1.82, 2.24) is 9.55 Å². The van der Waals surface area contributed by atoms with Crippen LogP contribution in [0.25, 0.3) is 11.0 Å². The molecule has 0 saturated heterocycles. The van der Waals surface area contributed by atoms with Gasteiger partial charge in [0.25, 0.3) is 0 Å². The molecule has 1 fully saturated rings. The fraction of sp³-hybridized carbons (Fsp3) is 0.467. The molecular formula is C15H17N3O. The Labute approximate surface area is 112 Å². The maximum absolute atomic E-state index is 10.5. The van der Waals surface area contributed by atoms with Crippen molar-refractivity contribution < 1.29 is 4.79 Å². The van der Waals surface area contributed by atoms with Gasteiger partial charge in [-0.05, 0) is 30.5 Å². The van der Waals surface area contributed by atoms with E-state index >= 15 is 0 Å². The van der Waals surface area contributed by atoms with Crippen molar-refractivity contribution in [1.29, 1.82) is 0 Å². The molecule has 0 N–H and O–H groups in total. The summed E-state index contributed by atoms with van der Waals surface area (Å²) in [5.74, 6) is 1.47. The van der Waals surface area contributed by atoms with E-state index in [1.807, 2.05) is 7.05 Å². The van der Waals surface area contributed by atoms with Crippen LogP contribution >= 0.6 is 0 Å². The van der Waals surface area contributed by atoms with Crippen molar-refractivity contribution in [3.05, 3.63) is 29.6 Å². The van der Waals surface area contributed by atoms with Crippen molar-refractivity contribution in [2.75, 3.05) is 0 Å². The molecule has 4 heteroatoms. The minimum absolute atomic E-state index is 0.314. The highest BCUT2D eigenvalue weighted by Crippen LogP contribution is 2.49. The van der Waals surface area contributed by atoms with Gasteiger partial charge in [0.05, 0.1) is 16.6 Å². The molecule has 0 amide bonds. The Morgan fingerprint density at radius 1 is 1.42 bits per heavy atom. The number of hydrogen-bond acceptors (Lipinski definition) is 3. The van der Waals surface area contributed by atoms with E-state index in [-0.39, 0.29) is 5.54 Å². The fourth-order valence-electron chi connectivity index (χ4n) is 2.70. The largest absolute Gasteiger partial charge is 0.331 e. The van der Waals surface area contributed by atoms with E-state index in [0.717, 1.165) is 35.3 Å². The maximum Gasteiger partial charge on any atom is 0.235 e. The number of fused-ring (bicyclic) bond motifs is 1. The molecule has 0 spiro atoms. The summed E-state index contributed by atoms with van der Waals surface area (Å²) in [6.45, 7) is 4.28. The first-order valence-electron chi connectivity index (χ1n) is 6.63. The summed E-state index contributed by atoms with van der Waals surface area (Å²) >= 11 is 0. The van der Waals surface area contributed by atoms with Crippen LogP contribution in [0.2, 0.25) is 0 Å². The van der Waals surface area contributed by atoms with Gasteiger partial charge in [0.1, 0.15) is 5.82 Å². The molecule has 1 saturated carbocycles. The van der Waals surface area contributed by atoms with Gasteiger partial charge in [-0.2, -0.15) is 4.99 Å². The van der Waals surface area contributed by atoms with Gasteiger partial charge in [-0.25, -0.2) is 9.78 Å². The lowest BCUT2D eigenvalue weighted by Crippen LogP contribution is -2.02. The van der Waals surface area contributed by atoms with Crippen LogP contribution in [0.5, 0.6) is 0 Å². The summed E-state index contributed by atoms with van der Waals surface area (Å²) in [6.07, 6.45) is 3.56. The maximum atomic E-state index is 10.5. The van der Waals surface area contributed by atoms with Crippen LogP contribution < -0.4 is 0 Å². The molecule has 1 aromatic heterocycles. The third kappa shape index (κ3) is 1.80. The van der Waals surface area contributed by atoms with E-state index in [0.29, 0.717) is 5.92 Å². The average Bonchev–Trinajstić information content (AvgIpc) is 3.09. The van der Waals surface area contributed by atoms with Crippen LogP contribution in [0.15, 0.2) is 23.2 Å². The second-order valence-electron chi connectivity index (χ2n) is 5.62. The van der Waals surface area contributed by atoms with Gasteiger partial charge in [0.15, 0.2) is 0 Å². The fourth-order valence-corrected chi connectivity index (χ4v) is 2.70. The van der Waals surface area contributed by atoms with Crippen molar-refractivity contribution in [2.45, 2.75) is 38.1 Å². The molecule has 3 rings (SSSR count). The van der Waals surface area contributed by atoms with E-state index in [2.05, 4.69) is 41.6 Å². The highest BCUT2D eigenvalue weighted by atomic mass is 16.1. The van der Waals surface area contributed by atoms with Gasteiger partial charge in [-0.3, -0.25) is 0 Å². The van der Waals surface area contributed by atoms with E-state index in [4.69, 9.17) is 4.98 Å². The number of isocyanates is 1. The van der Waals surface area contributed by atoms with Crippen LogP contribution in [0.1, 0.15) is 44.0 Å². The molecule has 0 atom stereocenters. The van der Waals surface area contributed by atoms with Crippen molar-refractivity contribution in [2.24, 2.45) is 12.0 Å². The quantitative estimate of drug-likeness (QED) is 0.625. The number of aromatic nitrogens is 2. The molecule has 1 aliphatic rings. The first-order chi connectivity index (χ1) is 9.07. The summed E-state index contributed by atoms with van der Waals surface area (Å²) in [6, 6.07) is 6.20. The van der Waals surface area contributed by atoms with Crippen LogP contribution in [0.4, 0.5) is 0 Å². The zero-order chi connectivity index (χ0) is 13.6. The molecule has 2 aromatic rings. The molecular weight excluding hydrogens is 238 g/mol. The second-order valence-corrected chi connectivity index (χ2v) is 5.62. The summed E-state index contributed by atoms with van der Waals surface area (Å²) < 4.78 is 2.13. The van der Waals surface area contributed by atoms with Crippen molar-refractivity contribution in [3.63, 3.8) is 0 Å². The molecule has 98 valence electrons. The average molecular weight is 255 g/mol. The summed E-state index contributed by atoms with van der Waals surface area (Å²) in [4.78, 5) is 19.2. The Morgan fingerprint density at radius 2 is 2.16 bits per heavy atom. The molecule has 1 heterocycles. The highest BCUT2D eigenvalue weighted by Gasteiger charge is 2.45. The Balaban J connectivity index is 2.14. The number of rotatable bonds is 3. The molecule has 0 bridgehead atoms. The number of nitrogens with zero attached hydrogens (tertiary/aromatic N) is 3. The van der Waals surface area contributed by atoms with Gasteiger partial charge in [0, 0.05) is 13.0 Å². The first-order valence-corrected chi connectivity index (χ1v) is 6.63. The van der Waals surface area contributed by atoms with Crippen molar-refractivity contribution >= 4 is 17.1 Å². The molecule has 4 nitrogen and oxygen atoms in total. The standard InChI is InChI=1S/C15H17N3O/c1-10(2)14-17-12-8-11(4-5-13(12)18(14)3)15(6-7-15)16-9-19/h4-5,8,10H,6-7H2,1-3H3. The minimum Gasteiger partial charge on any atom is -0.331 e. The van der Waals surface area contributed by atoms with Crippen LogP contribution in [-0.2, 0) is 17.4 Å². The Morgan fingerprint density at radius 3 is 2.74 bits per heavy atom. The monoisotopic (exact) mass is 255 g/mol. The predicted molar refractivity (Wildman–Crippen MR) is 73.8 cm³/mol. The SMILES string of the molecule is CC(C)c1nc2cc(C3(N=C=O)CC3)ccc2n1C. The van der Waals surface area contributed by atoms with Crippen LogP contribution in [0.3, 0.4) is 0 Å². The third-order valence-corrected chi connectivity index (χ3v) is 3.95. The first kappa shape index (κ1) is 12.1. The number of imidazole rings is 1. The topological polar surface area (TPSA) is 47.2 Å². The lowest BCUT2D eigenvalue weighted by molar-refractivity contribution is 0.556. The number of aryl methyl sites for hydroxylation is 1. The van der Waals surface area contributed by atoms with Gasteiger partial charge in [0.2, 0.25) is 6.08 Å². The van der Waals surface area contributed by atoms with E-state index < -0.39 is 0 Å². The smallest absolute Gasteiger partial charge is 0.235 e. The van der Waals surface area contributed by atoms with Gasteiger partial charge in [-0.15, -0.1) is 0 Å². The number of carbonyl (C=O) groups excluding carboxylic acids is 1. The summed E-state index contributed by atoms with van der Waals surface area (Å²) in [5, 5.41) is 0. The van der Waals surface area contributed by atoms with E-state index in [1.54, 1.807) is 6.08 Å². The third-order valence-electron chi connectivity index (χ3n) is 3.95. The Hall–Kier alpha value is -1.93. The molecule has 0 unspecified atom stereocenters.